The first-order valence-electron chi connectivity index (χ1n) is 5.01. The lowest BCUT2D eigenvalue weighted by molar-refractivity contribution is 0.0794. The maximum atomic E-state index is 13.5. The summed E-state index contributed by atoms with van der Waals surface area (Å²) in [4.78, 5) is 13.3. The predicted octanol–water partition coefficient (Wildman–Crippen LogP) is 2.37. The summed E-state index contributed by atoms with van der Waals surface area (Å²) in [7, 11) is 1.45. The summed E-state index contributed by atoms with van der Waals surface area (Å²) in [5.74, 6) is -2.36. The molecule has 0 unspecified atom stereocenters. The Hall–Kier alpha value is -1.27. The fourth-order valence-corrected chi connectivity index (χ4v) is 1.51. The number of amides is 1. The van der Waals surface area contributed by atoms with Crippen LogP contribution in [0.4, 0.5) is 8.78 Å². The van der Waals surface area contributed by atoms with Gasteiger partial charge in [0.1, 0.15) is 11.6 Å². The van der Waals surface area contributed by atoms with Crippen LogP contribution in [-0.2, 0) is 0 Å². The lowest BCUT2D eigenvalue weighted by Crippen LogP contribution is -2.30. The first-order chi connectivity index (χ1) is 8.32. The number of halogens is 3. The molecular formula is C11H11ClF2N2OS. The van der Waals surface area contributed by atoms with Gasteiger partial charge >= 0.3 is 0 Å². The number of hydrogen-bond donors (Lipinski definition) is 1. The third kappa shape index (κ3) is 3.61. The van der Waals surface area contributed by atoms with Crippen molar-refractivity contribution in [3.8, 4) is 0 Å². The van der Waals surface area contributed by atoms with Crippen molar-refractivity contribution in [2.75, 3.05) is 13.6 Å². The Kier molecular flexibility index (Phi) is 4.98. The molecule has 18 heavy (non-hydrogen) atoms. The first-order valence-corrected chi connectivity index (χ1v) is 5.80. The number of carbonyl (C=O) groups excluding carboxylic acids is 1. The molecule has 1 aromatic carbocycles. The normalized spacial score (nSPS) is 10.2. The van der Waals surface area contributed by atoms with E-state index >= 15 is 0 Å². The monoisotopic (exact) mass is 292 g/mol. The molecule has 1 amide bonds. The van der Waals surface area contributed by atoms with Gasteiger partial charge in [0, 0.05) is 20.0 Å². The number of benzene rings is 1. The maximum Gasteiger partial charge on any atom is 0.256 e. The van der Waals surface area contributed by atoms with E-state index < -0.39 is 17.5 Å². The molecule has 98 valence electrons. The van der Waals surface area contributed by atoms with Crippen LogP contribution in [0.3, 0.4) is 0 Å². The van der Waals surface area contributed by atoms with Gasteiger partial charge in [0.05, 0.1) is 15.6 Å². The second kappa shape index (κ2) is 6.06. The molecule has 0 aliphatic heterocycles. The molecule has 0 atom stereocenters. The van der Waals surface area contributed by atoms with Crippen molar-refractivity contribution in [2.45, 2.75) is 6.42 Å². The molecule has 0 bridgehead atoms. The number of rotatable bonds is 4. The van der Waals surface area contributed by atoms with Gasteiger partial charge in [-0.1, -0.05) is 23.8 Å². The minimum atomic E-state index is -0.867. The molecule has 0 radical (unpaired) electrons. The highest BCUT2D eigenvalue weighted by molar-refractivity contribution is 7.80. The highest BCUT2D eigenvalue weighted by Crippen LogP contribution is 2.20. The van der Waals surface area contributed by atoms with Gasteiger partial charge < -0.3 is 10.6 Å². The SMILES string of the molecule is CN(CCC(N)=S)C(=O)c1cc(F)c(Cl)cc1F. The predicted molar refractivity (Wildman–Crippen MR) is 69.7 cm³/mol. The lowest BCUT2D eigenvalue weighted by Gasteiger charge is -2.17. The highest BCUT2D eigenvalue weighted by atomic mass is 35.5. The van der Waals surface area contributed by atoms with Gasteiger partial charge in [-0.2, -0.15) is 0 Å². The number of nitrogens with two attached hydrogens (primary N) is 1. The van der Waals surface area contributed by atoms with E-state index in [9.17, 15) is 13.6 Å². The van der Waals surface area contributed by atoms with Crippen LogP contribution < -0.4 is 5.73 Å². The highest BCUT2D eigenvalue weighted by Gasteiger charge is 2.18. The molecule has 0 saturated heterocycles. The van der Waals surface area contributed by atoms with Gasteiger partial charge in [-0.25, -0.2) is 8.78 Å². The van der Waals surface area contributed by atoms with Crippen LogP contribution in [0.25, 0.3) is 0 Å². The van der Waals surface area contributed by atoms with Crippen molar-refractivity contribution in [1.29, 1.82) is 0 Å². The van der Waals surface area contributed by atoms with Gasteiger partial charge in [-0.05, 0) is 12.1 Å². The summed E-state index contributed by atoms with van der Waals surface area (Å²) in [6.07, 6.45) is 0.315. The molecule has 1 rings (SSSR count). The molecule has 0 spiro atoms. The van der Waals surface area contributed by atoms with E-state index in [1.54, 1.807) is 0 Å². The number of nitrogens with zero attached hydrogens (tertiary/aromatic N) is 1. The summed E-state index contributed by atoms with van der Waals surface area (Å²) < 4.78 is 26.7. The minimum Gasteiger partial charge on any atom is -0.393 e. The van der Waals surface area contributed by atoms with Crippen LogP contribution in [0.5, 0.6) is 0 Å². The molecule has 0 aliphatic rings. The Bertz CT molecular complexity index is 496. The lowest BCUT2D eigenvalue weighted by atomic mass is 10.1. The second-order valence-corrected chi connectivity index (χ2v) is 4.62. The van der Waals surface area contributed by atoms with E-state index in [0.717, 1.165) is 12.1 Å². The quantitative estimate of drug-likeness (QED) is 0.684. The van der Waals surface area contributed by atoms with Crippen LogP contribution in [0, 0.1) is 11.6 Å². The van der Waals surface area contributed by atoms with Crippen LogP contribution in [0.1, 0.15) is 16.8 Å². The zero-order valence-corrected chi connectivity index (χ0v) is 11.1. The van der Waals surface area contributed by atoms with Gasteiger partial charge in [-0.3, -0.25) is 4.79 Å². The molecule has 1 aromatic rings. The van der Waals surface area contributed by atoms with E-state index in [1.165, 1.54) is 11.9 Å². The number of thiocarbonyl (C=S) groups is 1. The van der Waals surface area contributed by atoms with Gasteiger partial charge in [0.15, 0.2) is 0 Å². The molecule has 0 aromatic heterocycles. The first kappa shape index (κ1) is 14.8. The maximum absolute atomic E-state index is 13.5. The van der Waals surface area contributed by atoms with Crippen molar-refractivity contribution in [1.82, 2.24) is 4.90 Å². The van der Waals surface area contributed by atoms with Crippen molar-refractivity contribution in [3.05, 3.63) is 34.4 Å². The average Bonchev–Trinajstić information content (AvgIpc) is 2.29. The third-order valence-electron chi connectivity index (χ3n) is 2.28. The van der Waals surface area contributed by atoms with Crippen LogP contribution >= 0.6 is 23.8 Å². The summed E-state index contributed by atoms with van der Waals surface area (Å²) in [6, 6.07) is 1.54. The zero-order chi connectivity index (χ0) is 13.9. The minimum absolute atomic E-state index is 0.234. The summed E-state index contributed by atoms with van der Waals surface area (Å²) in [5.41, 5.74) is 4.92. The van der Waals surface area contributed by atoms with E-state index in [2.05, 4.69) is 12.2 Å². The summed E-state index contributed by atoms with van der Waals surface area (Å²) in [5, 5.41) is -0.366. The molecule has 0 saturated carbocycles. The zero-order valence-electron chi connectivity index (χ0n) is 9.54. The Labute approximate surface area is 114 Å². The molecule has 2 N–H and O–H groups in total. The van der Waals surface area contributed by atoms with Crippen molar-refractivity contribution < 1.29 is 13.6 Å². The average molecular weight is 293 g/mol. The van der Waals surface area contributed by atoms with E-state index in [1.807, 2.05) is 0 Å². The molecular weight excluding hydrogens is 282 g/mol. The van der Waals surface area contributed by atoms with Crippen LogP contribution in [0.15, 0.2) is 12.1 Å². The Balaban J connectivity index is 2.90. The summed E-state index contributed by atoms with van der Waals surface area (Å²) in [6.45, 7) is 0.234. The van der Waals surface area contributed by atoms with Crippen molar-refractivity contribution in [3.63, 3.8) is 0 Å². The van der Waals surface area contributed by atoms with Crippen molar-refractivity contribution in [2.24, 2.45) is 5.73 Å². The molecule has 3 nitrogen and oxygen atoms in total. The molecule has 0 fully saturated rings. The standard InChI is InChI=1S/C11H11ClF2N2OS/c1-16(3-2-10(15)18)11(17)6-4-9(14)7(12)5-8(6)13/h4-5H,2-3H2,1H3,(H2,15,18). The molecule has 7 heteroatoms. The second-order valence-electron chi connectivity index (χ2n) is 3.69. The largest absolute Gasteiger partial charge is 0.393 e. The van der Waals surface area contributed by atoms with Gasteiger partial charge in [-0.15, -0.1) is 0 Å². The molecule has 0 aliphatic carbocycles. The Morgan fingerprint density at radius 1 is 1.44 bits per heavy atom. The number of carbonyl (C=O) groups is 1. The van der Waals surface area contributed by atoms with Gasteiger partial charge in [0.2, 0.25) is 0 Å². The third-order valence-corrected chi connectivity index (χ3v) is 2.77. The van der Waals surface area contributed by atoms with Crippen LogP contribution in [0.2, 0.25) is 5.02 Å². The topological polar surface area (TPSA) is 46.3 Å². The smallest absolute Gasteiger partial charge is 0.256 e. The fraction of sp³-hybridized carbons (Fsp3) is 0.273. The van der Waals surface area contributed by atoms with E-state index in [4.69, 9.17) is 17.3 Å². The van der Waals surface area contributed by atoms with Crippen molar-refractivity contribution >= 4 is 34.7 Å². The van der Waals surface area contributed by atoms with Gasteiger partial charge in [0.25, 0.3) is 5.91 Å². The molecule has 0 heterocycles. The Morgan fingerprint density at radius 3 is 2.61 bits per heavy atom. The van der Waals surface area contributed by atoms with E-state index in [-0.39, 0.29) is 22.1 Å². The fourth-order valence-electron chi connectivity index (χ4n) is 1.27. The Morgan fingerprint density at radius 2 is 2.06 bits per heavy atom. The number of hydrogen-bond acceptors (Lipinski definition) is 2. The van der Waals surface area contributed by atoms with Crippen LogP contribution in [-0.4, -0.2) is 29.4 Å². The van der Waals surface area contributed by atoms with E-state index in [0.29, 0.717) is 6.42 Å². The summed E-state index contributed by atoms with van der Waals surface area (Å²) >= 11 is 10.1.